The third-order valence-corrected chi connectivity index (χ3v) is 3.24. The van der Waals surface area contributed by atoms with Crippen LogP contribution in [0.1, 0.15) is 26.2 Å². The Hall–Kier alpha value is -0.650. The lowest BCUT2D eigenvalue weighted by Crippen LogP contribution is -2.53. The first-order valence-corrected chi connectivity index (χ1v) is 5.52. The Labute approximate surface area is 96.1 Å². The molecule has 1 unspecified atom stereocenters. The summed E-state index contributed by atoms with van der Waals surface area (Å²) in [7, 11) is 2.96. The monoisotopic (exact) mass is 231 g/mol. The molecular weight excluding hydrogens is 210 g/mol. The molecule has 2 N–H and O–H groups in total. The van der Waals surface area contributed by atoms with Crippen LogP contribution in [0.2, 0.25) is 0 Å². The van der Waals surface area contributed by atoms with Gasteiger partial charge in [0, 0.05) is 20.2 Å². The van der Waals surface area contributed by atoms with Gasteiger partial charge in [0.15, 0.2) is 5.60 Å². The SMILES string of the molecule is COC(=O)C(C)(O)CNCC1(OC)CCC1. The van der Waals surface area contributed by atoms with E-state index in [0.29, 0.717) is 6.54 Å². The van der Waals surface area contributed by atoms with Crippen molar-refractivity contribution in [2.45, 2.75) is 37.4 Å². The van der Waals surface area contributed by atoms with Gasteiger partial charge in [0.25, 0.3) is 0 Å². The molecule has 1 aliphatic rings. The zero-order valence-electron chi connectivity index (χ0n) is 10.2. The van der Waals surface area contributed by atoms with Crippen molar-refractivity contribution in [2.75, 3.05) is 27.3 Å². The van der Waals surface area contributed by atoms with Crippen LogP contribution in [0, 0.1) is 0 Å². The van der Waals surface area contributed by atoms with Gasteiger partial charge in [-0.2, -0.15) is 0 Å². The number of carbonyl (C=O) groups is 1. The van der Waals surface area contributed by atoms with Gasteiger partial charge in [-0.05, 0) is 26.2 Å². The highest BCUT2D eigenvalue weighted by Gasteiger charge is 2.38. The second-order valence-electron chi connectivity index (χ2n) is 4.61. The summed E-state index contributed by atoms with van der Waals surface area (Å²) in [5.41, 5.74) is -1.58. The minimum Gasteiger partial charge on any atom is -0.467 e. The Morgan fingerprint density at radius 1 is 1.50 bits per heavy atom. The number of rotatable bonds is 6. The second-order valence-corrected chi connectivity index (χ2v) is 4.61. The molecule has 1 saturated carbocycles. The van der Waals surface area contributed by atoms with Crippen LogP contribution in [0.3, 0.4) is 0 Å². The lowest BCUT2D eigenvalue weighted by molar-refractivity contribution is -0.160. The molecule has 1 fully saturated rings. The van der Waals surface area contributed by atoms with E-state index >= 15 is 0 Å². The normalized spacial score (nSPS) is 22.0. The highest BCUT2D eigenvalue weighted by Crippen LogP contribution is 2.34. The molecule has 16 heavy (non-hydrogen) atoms. The Balaban J connectivity index is 2.31. The maximum Gasteiger partial charge on any atom is 0.338 e. The van der Waals surface area contributed by atoms with Gasteiger partial charge in [-0.15, -0.1) is 0 Å². The summed E-state index contributed by atoms with van der Waals surface area (Å²) in [5.74, 6) is -0.625. The first-order chi connectivity index (χ1) is 7.46. The Morgan fingerprint density at radius 3 is 2.50 bits per heavy atom. The molecule has 0 heterocycles. The number of hydrogen-bond donors (Lipinski definition) is 2. The van der Waals surface area contributed by atoms with Crippen molar-refractivity contribution in [3.05, 3.63) is 0 Å². The van der Waals surface area contributed by atoms with Gasteiger partial charge in [0.05, 0.1) is 12.7 Å². The van der Waals surface area contributed by atoms with Crippen molar-refractivity contribution in [2.24, 2.45) is 0 Å². The van der Waals surface area contributed by atoms with Crippen molar-refractivity contribution in [3.63, 3.8) is 0 Å². The van der Waals surface area contributed by atoms with Crippen molar-refractivity contribution >= 4 is 5.97 Å². The third kappa shape index (κ3) is 2.93. The Kier molecular flexibility index (Phi) is 4.29. The summed E-state index contributed by atoms with van der Waals surface area (Å²) in [6.45, 7) is 2.26. The minimum atomic E-state index is -1.48. The minimum absolute atomic E-state index is 0.105. The van der Waals surface area contributed by atoms with Gasteiger partial charge < -0.3 is 19.9 Å². The van der Waals surface area contributed by atoms with E-state index < -0.39 is 11.6 Å². The van der Waals surface area contributed by atoms with E-state index in [0.717, 1.165) is 12.8 Å². The van der Waals surface area contributed by atoms with Gasteiger partial charge in [-0.25, -0.2) is 4.79 Å². The number of hydrogen-bond acceptors (Lipinski definition) is 5. The summed E-state index contributed by atoms with van der Waals surface area (Å²) in [5, 5.41) is 12.8. The van der Waals surface area contributed by atoms with Crippen molar-refractivity contribution in [3.8, 4) is 0 Å². The lowest BCUT2D eigenvalue weighted by atomic mass is 9.80. The zero-order valence-corrected chi connectivity index (χ0v) is 10.2. The van der Waals surface area contributed by atoms with Gasteiger partial charge in [0.2, 0.25) is 0 Å². The number of methoxy groups -OCH3 is 2. The molecule has 94 valence electrons. The van der Waals surface area contributed by atoms with E-state index in [1.807, 2.05) is 0 Å². The number of carbonyl (C=O) groups excluding carboxylic acids is 1. The smallest absolute Gasteiger partial charge is 0.338 e. The molecule has 5 nitrogen and oxygen atoms in total. The predicted molar refractivity (Wildman–Crippen MR) is 59.1 cm³/mol. The molecule has 0 bridgehead atoms. The summed E-state index contributed by atoms with van der Waals surface area (Å²) >= 11 is 0. The fourth-order valence-corrected chi connectivity index (χ4v) is 1.85. The van der Waals surface area contributed by atoms with Gasteiger partial charge in [-0.3, -0.25) is 0 Å². The van der Waals surface area contributed by atoms with Gasteiger partial charge in [-0.1, -0.05) is 0 Å². The van der Waals surface area contributed by atoms with Crippen molar-refractivity contribution < 1.29 is 19.4 Å². The van der Waals surface area contributed by atoms with Crippen LogP contribution >= 0.6 is 0 Å². The highest BCUT2D eigenvalue weighted by molar-refractivity contribution is 5.78. The molecule has 0 aromatic carbocycles. The van der Waals surface area contributed by atoms with Crippen LogP contribution in [-0.2, 0) is 14.3 Å². The highest BCUT2D eigenvalue weighted by atomic mass is 16.5. The molecule has 1 aliphatic carbocycles. The Morgan fingerprint density at radius 2 is 2.12 bits per heavy atom. The van der Waals surface area contributed by atoms with E-state index in [2.05, 4.69) is 10.1 Å². The number of esters is 1. The maximum atomic E-state index is 11.2. The van der Waals surface area contributed by atoms with Crippen LogP contribution in [0.15, 0.2) is 0 Å². The molecule has 0 radical (unpaired) electrons. The molecular formula is C11H21NO4. The second kappa shape index (κ2) is 5.12. The average molecular weight is 231 g/mol. The first-order valence-electron chi connectivity index (χ1n) is 5.52. The molecule has 5 heteroatoms. The quantitative estimate of drug-likeness (QED) is 0.633. The predicted octanol–water partition coefficient (Wildman–Crippen LogP) is 0.0691. The summed E-state index contributed by atoms with van der Waals surface area (Å²) in [4.78, 5) is 11.2. The van der Waals surface area contributed by atoms with Crippen LogP contribution in [0.5, 0.6) is 0 Å². The number of aliphatic hydroxyl groups is 1. The average Bonchev–Trinajstić information content (AvgIpc) is 2.20. The number of ether oxygens (including phenoxy) is 2. The number of nitrogens with one attached hydrogen (secondary N) is 1. The molecule has 0 amide bonds. The molecule has 0 saturated heterocycles. The van der Waals surface area contributed by atoms with Crippen LogP contribution < -0.4 is 5.32 Å². The largest absolute Gasteiger partial charge is 0.467 e. The fourth-order valence-electron chi connectivity index (χ4n) is 1.85. The van der Waals surface area contributed by atoms with E-state index in [1.54, 1.807) is 7.11 Å². The summed E-state index contributed by atoms with van der Waals surface area (Å²) in [6, 6.07) is 0. The molecule has 1 rings (SSSR count). The van der Waals surface area contributed by atoms with Crippen LogP contribution in [-0.4, -0.2) is 49.6 Å². The van der Waals surface area contributed by atoms with Crippen LogP contribution in [0.25, 0.3) is 0 Å². The third-order valence-electron chi connectivity index (χ3n) is 3.24. The maximum absolute atomic E-state index is 11.2. The van der Waals surface area contributed by atoms with Gasteiger partial charge in [0.1, 0.15) is 0 Å². The van der Waals surface area contributed by atoms with E-state index in [1.165, 1.54) is 20.5 Å². The summed E-state index contributed by atoms with van der Waals surface area (Å²) in [6.07, 6.45) is 3.22. The molecule has 0 spiro atoms. The van der Waals surface area contributed by atoms with Crippen LogP contribution in [0.4, 0.5) is 0 Å². The first kappa shape index (κ1) is 13.4. The standard InChI is InChI=1S/C11H21NO4/c1-10(14,9(13)15-2)7-12-8-11(16-3)5-4-6-11/h12,14H,4-8H2,1-3H3. The molecule has 0 aromatic heterocycles. The topological polar surface area (TPSA) is 67.8 Å². The zero-order chi connectivity index (χ0) is 12.2. The van der Waals surface area contributed by atoms with E-state index in [9.17, 15) is 9.90 Å². The van der Waals surface area contributed by atoms with E-state index in [-0.39, 0.29) is 12.1 Å². The molecule has 1 atom stereocenters. The van der Waals surface area contributed by atoms with Gasteiger partial charge >= 0.3 is 5.97 Å². The fraction of sp³-hybridized carbons (Fsp3) is 0.909. The summed E-state index contributed by atoms with van der Waals surface area (Å²) < 4.78 is 9.92. The molecule has 0 aromatic rings. The van der Waals surface area contributed by atoms with Crippen molar-refractivity contribution in [1.82, 2.24) is 5.32 Å². The lowest BCUT2D eigenvalue weighted by Gasteiger charge is -2.41. The molecule has 0 aliphatic heterocycles. The van der Waals surface area contributed by atoms with Crippen molar-refractivity contribution in [1.29, 1.82) is 0 Å². The van der Waals surface area contributed by atoms with E-state index in [4.69, 9.17) is 4.74 Å². The Bertz CT molecular complexity index is 243.